The van der Waals surface area contributed by atoms with E-state index in [0.717, 1.165) is 0 Å². The topological polar surface area (TPSA) is 38.3 Å². The molecule has 0 heterocycles. The highest BCUT2D eigenvalue weighted by Crippen LogP contribution is 2.25. The van der Waals surface area contributed by atoms with Crippen LogP contribution in [-0.4, -0.2) is 18.3 Å². The molecule has 0 saturated heterocycles. The van der Waals surface area contributed by atoms with Gasteiger partial charge in [-0.05, 0) is 30.7 Å². The summed E-state index contributed by atoms with van der Waals surface area (Å²) >= 11 is 1.39. The number of carbonyl (C=O) groups is 1. The van der Waals surface area contributed by atoms with E-state index in [0.29, 0.717) is 22.8 Å². The van der Waals surface area contributed by atoms with Gasteiger partial charge in [0.25, 0.3) is 0 Å². The number of para-hydroxylation sites is 2. The van der Waals surface area contributed by atoms with Crippen molar-refractivity contribution >= 4 is 23.4 Å². The molecular weight excluding hydrogens is 301 g/mol. The van der Waals surface area contributed by atoms with Crippen molar-refractivity contribution in [2.24, 2.45) is 0 Å². The molecule has 0 bridgehead atoms. The van der Waals surface area contributed by atoms with Crippen molar-refractivity contribution in [3.63, 3.8) is 0 Å². The second kappa shape index (κ2) is 7.84. The first kappa shape index (κ1) is 16.4. The Morgan fingerprint density at radius 3 is 2.64 bits per heavy atom. The van der Waals surface area contributed by atoms with Crippen molar-refractivity contribution in [1.29, 1.82) is 0 Å². The first-order valence-corrected chi connectivity index (χ1v) is 7.95. The molecule has 1 unspecified atom stereocenters. The molecule has 0 fully saturated rings. The summed E-state index contributed by atoms with van der Waals surface area (Å²) in [6.07, 6.45) is 0. The van der Waals surface area contributed by atoms with E-state index >= 15 is 0 Å². The van der Waals surface area contributed by atoms with Crippen molar-refractivity contribution in [3.05, 3.63) is 59.9 Å². The third kappa shape index (κ3) is 4.24. The van der Waals surface area contributed by atoms with Crippen molar-refractivity contribution in [2.75, 3.05) is 12.4 Å². The second-order valence-electron chi connectivity index (χ2n) is 4.73. The van der Waals surface area contributed by atoms with Gasteiger partial charge >= 0.3 is 0 Å². The Kier molecular flexibility index (Phi) is 5.83. The first-order valence-electron chi connectivity index (χ1n) is 6.90. The molecule has 1 N–H and O–H groups in total. The minimum atomic E-state index is -0.301. The van der Waals surface area contributed by atoms with Gasteiger partial charge in [-0.25, -0.2) is 4.39 Å². The fraction of sp³-hybridized carbons (Fsp3) is 0.235. The summed E-state index contributed by atoms with van der Waals surface area (Å²) < 4.78 is 18.8. The number of benzene rings is 2. The zero-order valence-electron chi connectivity index (χ0n) is 12.5. The van der Waals surface area contributed by atoms with Crippen LogP contribution in [0.25, 0.3) is 0 Å². The number of thioether (sulfide) groups is 1. The van der Waals surface area contributed by atoms with Crippen LogP contribution < -0.4 is 10.1 Å². The molecule has 3 nitrogen and oxygen atoms in total. The molecule has 0 spiro atoms. The SMILES string of the molecule is COc1ccccc1NC(=O)C(C)SCc1ccccc1F. The number of nitrogens with one attached hydrogen (secondary N) is 1. The van der Waals surface area contributed by atoms with Gasteiger partial charge in [-0.3, -0.25) is 4.79 Å². The highest BCUT2D eigenvalue weighted by atomic mass is 32.2. The molecule has 5 heteroatoms. The zero-order valence-corrected chi connectivity index (χ0v) is 13.3. The molecule has 22 heavy (non-hydrogen) atoms. The van der Waals surface area contributed by atoms with E-state index in [1.807, 2.05) is 12.1 Å². The Morgan fingerprint density at radius 2 is 1.91 bits per heavy atom. The van der Waals surface area contributed by atoms with Crippen LogP contribution in [0.5, 0.6) is 5.75 Å². The first-order chi connectivity index (χ1) is 10.6. The van der Waals surface area contributed by atoms with Gasteiger partial charge in [0, 0.05) is 5.75 Å². The standard InChI is InChI=1S/C17H18FNO2S/c1-12(22-11-13-7-3-4-8-14(13)18)17(20)19-15-9-5-6-10-16(15)21-2/h3-10,12H,11H2,1-2H3,(H,19,20). The number of rotatable bonds is 6. The molecule has 1 atom stereocenters. The van der Waals surface area contributed by atoms with Gasteiger partial charge in [0.1, 0.15) is 11.6 Å². The van der Waals surface area contributed by atoms with Crippen LogP contribution >= 0.6 is 11.8 Å². The lowest BCUT2D eigenvalue weighted by Crippen LogP contribution is -2.22. The molecular formula is C17H18FNO2S. The smallest absolute Gasteiger partial charge is 0.237 e. The summed E-state index contributed by atoms with van der Waals surface area (Å²) in [6, 6.07) is 13.8. The molecule has 0 aromatic heterocycles. The maximum atomic E-state index is 13.6. The van der Waals surface area contributed by atoms with Crippen molar-refractivity contribution < 1.29 is 13.9 Å². The Morgan fingerprint density at radius 1 is 1.23 bits per heavy atom. The lowest BCUT2D eigenvalue weighted by atomic mass is 10.2. The number of halogens is 1. The molecule has 2 rings (SSSR count). The van der Waals surface area contributed by atoms with E-state index in [2.05, 4.69) is 5.32 Å². The fourth-order valence-electron chi connectivity index (χ4n) is 1.89. The van der Waals surface area contributed by atoms with E-state index in [-0.39, 0.29) is 17.0 Å². The predicted molar refractivity (Wildman–Crippen MR) is 88.8 cm³/mol. The number of hydrogen-bond acceptors (Lipinski definition) is 3. The van der Waals surface area contributed by atoms with E-state index in [4.69, 9.17) is 4.74 Å². The van der Waals surface area contributed by atoms with E-state index in [9.17, 15) is 9.18 Å². The number of methoxy groups -OCH3 is 1. The molecule has 1 amide bonds. The average molecular weight is 319 g/mol. The molecule has 0 aliphatic rings. The summed E-state index contributed by atoms with van der Waals surface area (Å²) in [5.74, 6) is 0.688. The van der Waals surface area contributed by atoms with Crippen molar-refractivity contribution in [3.8, 4) is 5.75 Å². The highest BCUT2D eigenvalue weighted by Gasteiger charge is 2.16. The van der Waals surface area contributed by atoms with E-state index in [1.165, 1.54) is 17.8 Å². The third-order valence-electron chi connectivity index (χ3n) is 3.18. The minimum Gasteiger partial charge on any atom is -0.495 e. The number of anilines is 1. The Hall–Kier alpha value is -2.01. The molecule has 0 aliphatic heterocycles. The Labute approximate surface area is 133 Å². The van der Waals surface area contributed by atoms with E-state index in [1.54, 1.807) is 44.4 Å². The molecule has 0 radical (unpaired) electrons. The molecule has 0 aliphatic carbocycles. The molecule has 0 saturated carbocycles. The van der Waals surface area contributed by atoms with Crippen LogP contribution in [0.2, 0.25) is 0 Å². The third-order valence-corrected chi connectivity index (χ3v) is 4.37. The highest BCUT2D eigenvalue weighted by molar-refractivity contribution is 7.99. The number of carbonyl (C=O) groups excluding carboxylic acids is 1. The van der Waals surface area contributed by atoms with E-state index < -0.39 is 0 Å². The monoisotopic (exact) mass is 319 g/mol. The van der Waals surface area contributed by atoms with Gasteiger partial charge in [0.2, 0.25) is 5.91 Å². The number of ether oxygens (including phenoxy) is 1. The van der Waals surface area contributed by atoms with Crippen molar-refractivity contribution in [1.82, 2.24) is 0 Å². The zero-order chi connectivity index (χ0) is 15.9. The van der Waals surface area contributed by atoms with Gasteiger partial charge in [-0.2, -0.15) is 0 Å². The summed E-state index contributed by atoms with van der Waals surface area (Å²) in [7, 11) is 1.56. The normalized spacial score (nSPS) is 11.8. The largest absolute Gasteiger partial charge is 0.495 e. The maximum Gasteiger partial charge on any atom is 0.237 e. The number of hydrogen-bond donors (Lipinski definition) is 1. The van der Waals surface area contributed by atoms with Gasteiger partial charge in [-0.15, -0.1) is 11.8 Å². The fourth-order valence-corrected chi connectivity index (χ4v) is 2.76. The summed E-state index contributed by atoms with van der Waals surface area (Å²) in [5, 5.41) is 2.53. The lowest BCUT2D eigenvalue weighted by molar-refractivity contribution is -0.115. The predicted octanol–water partition coefficient (Wildman–Crippen LogP) is 4.09. The van der Waals surface area contributed by atoms with Gasteiger partial charge < -0.3 is 10.1 Å². The molecule has 2 aromatic carbocycles. The summed E-state index contributed by atoms with van der Waals surface area (Å²) in [4.78, 5) is 12.2. The molecule has 2 aromatic rings. The van der Waals surface area contributed by atoms with Crippen LogP contribution in [0, 0.1) is 5.82 Å². The van der Waals surface area contributed by atoms with Crippen molar-refractivity contribution in [2.45, 2.75) is 17.9 Å². The Balaban J connectivity index is 1.94. The van der Waals surface area contributed by atoms with Gasteiger partial charge in [0.15, 0.2) is 0 Å². The van der Waals surface area contributed by atoms with Gasteiger partial charge in [0.05, 0.1) is 18.0 Å². The maximum absolute atomic E-state index is 13.6. The van der Waals surface area contributed by atoms with Crippen LogP contribution in [0.3, 0.4) is 0 Å². The van der Waals surface area contributed by atoms with Gasteiger partial charge in [-0.1, -0.05) is 30.3 Å². The second-order valence-corrected chi connectivity index (χ2v) is 6.06. The van der Waals surface area contributed by atoms with Crippen LogP contribution in [-0.2, 0) is 10.5 Å². The number of amides is 1. The molecule has 116 valence electrons. The minimum absolute atomic E-state index is 0.133. The quantitative estimate of drug-likeness (QED) is 0.871. The lowest BCUT2D eigenvalue weighted by Gasteiger charge is -2.14. The van der Waals surface area contributed by atoms with Crippen LogP contribution in [0.4, 0.5) is 10.1 Å². The van der Waals surface area contributed by atoms with Crippen LogP contribution in [0.15, 0.2) is 48.5 Å². The summed E-state index contributed by atoms with van der Waals surface area (Å²) in [6.45, 7) is 1.80. The summed E-state index contributed by atoms with van der Waals surface area (Å²) in [5.41, 5.74) is 1.23. The van der Waals surface area contributed by atoms with Crippen LogP contribution in [0.1, 0.15) is 12.5 Å². The average Bonchev–Trinajstić information content (AvgIpc) is 2.54. The Bertz CT molecular complexity index is 648.